The summed E-state index contributed by atoms with van der Waals surface area (Å²) >= 11 is 0. The van der Waals surface area contributed by atoms with Gasteiger partial charge in [0, 0.05) is 17.3 Å². The van der Waals surface area contributed by atoms with Crippen molar-refractivity contribution in [1.82, 2.24) is 9.55 Å². The minimum absolute atomic E-state index is 0.137. The highest BCUT2D eigenvalue weighted by Crippen LogP contribution is 2.27. The second-order valence-corrected chi connectivity index (χ2v) is 8.36. The zero-order chi connectivity index (χ0) is 21.8. The number of para-hydroxylation sites is 1. The van der Waals surface area contributed by atoms with Gasteiger partial charge in [-0.05, 0) is 62.9 Å². The molecule has 4 aromatic rings. The maximum atomic E-state index is 13.0. The van der Waals surface area contributed by atoms with Crippen LogP contribution in [0.25, 0.3) is 5.69 Å². The van der Waals surface area contributed by atoms with Crippen molar-refractivity contribution in [2.24, 2.45) is 0 Å². The van der Waals surface area contributed by atoms with E-state index >= 15 is 0 Å². The van der Waals surface area contributed by atoms with Gasteiger partial charge in [-0.15, -0.1) is 0 Å². The summed E-state index contributed by atoms with van der Waals surface area (Å²) in [6.07, 6.45) is 1.71. The van der Waals surface area contributed by atoms with Crippen molar-refractivity contribution in [1.29, 1.82) is 0 Å². The average molecular weight is 409 g/mol. The monoisotopic (exact) mass is 408 g/mol. The second kappa shape index (κ2) is 9.13. The Morgan fingerprint density at radius 1 is 0.742 bits per heavy atom. The molecule has 0 radical (unpaired) electrons. The summed E-state index contributed by atoms with van der Waals surface area (Å²) in [5.41, 5.74) is 7.44. The van der Waals surface area contributed by atoms with Crippen LogP contribution in [0.3, 0.4) is 0 Å². The Morgan fingerprint density at radius 2 is 1.32 bits per heavy atom. The van der Waals surface area contributed by atoms with E-state index in [4.69, 9.17) is 0 Å². The molecule has 0 saturated heterocycles. The molecule has 0 unspecified atom stereocenters. The van der Waals surface area contributed by atoms with Gasteiger partial charge in [0.2, 0.25) is 0 Å². The average Bonchev–Trinajstić information content (AvgIpc) is 2.73. The molecule has 3 nitrogen and oxygen atoms in total. The molecule has 0 bridgehead atoms. The molecule has 1 aromatic heterocycles. The van der Waals surface area contributed by atoms with Gasteiger partial charge in [-0.1, -0.05) is 77.9 Å². The van der Waals surface area contributed by atoms with Crippen LogP contribution in [0.4, 0.5) is 0 Å². The van der Waals surface area contributed by atoms with E-state index < -0.39 is 0 Å². The summed E-state index contributed by atoms with van der Waals surface area (Å²) in [7, 11) is 0. The van der Waals surface area contributed by atoms with Crippen molar-refractivity contribution >= 4 is 0 Å². The summed E-state index contributed by atoms with van der Waals surface area (Å²) in [6, 6.07) is 29.2. The van der Waals surface area contributed by atoms with Gasteiger partial charge in [-0.3, -0.25) is 4.57 Å². The molecule has 0 aliphatic rings. The van der Waals surface area contributed by atoms with Gasteiger partial charge in [0.1, 0.15) is 0 Å². The summed E-state index contributed by atoms with van der Waals surface area (Å²) in [5, 5.41) is 0. The minimum Gasteiger partial charge on any atom is -0.265 e. The minimum atomic E-state index is -0.223. The molecule has 0 aliphatic carbocycles. The SMILES string of the molecule is Cc1cccc(CC(Cc2cccc(C)c2)c2cc(C)nc(=O)n2-c2ccccc2)c1. The third-order valence-corrected chi connectivity index (χ3v) is 5.64. The normalized spacial score (nSPS) is 11.1. The molecule has 0 N–H and O–H groups in total. The molecule has 3 aromatic carbocycles. The number of rotatable bonds is 6. The Bertz CT molecular complexity index is 1190. The summed E-state index contributed by atoms with van der Waals surface area (Å²) in [4.78, 5) is 17.3. The van der Waals surface area contributed by atoms with E-state index in [0.717, 1.165) is 29.9 Å². The van der Waals surface area contributed by atoms with Crippen molar-refractivity contribution in [3.05, 3.63) is 129 Å². The van der Waals surface area contributed by atoms with Crippen LogP contribution in [-0.4, -0.2) is 9.55 Å². The maximum Gasteiger partial charge on any atom is 0.352 e. The van der Waals surface area contributed by atoms with Crippen molar-refractivity contribution in [2.75, 3.05) is 0 Å². The highest BCUT2D eigenvalue weighted by molar-refractivity contribution is 5.37. The van der Waals surface area contributed by atoms with E-state index in [-0.39, 0.29) is 11.6 Å². The van der Waals surface area contributed by atoms with Crippen LogP contribution in [0.2, 0.25) is 0 Å². The van der Waals surface area contributed by atoms with Crippen LogP contribution < -0.4 is 5.69 Å². The third-order valence-electron chi connectivity index (χ3n) is 5.64. The van der Waals surface area contributed by atoms with Crippen LogP contribution in [0.15, 0.2) is 89.7 Å². The van der Waals surface area contributed by atoms with Crippen LogP contribution in [0.1, 0.15) is 39.6 Å². The number of aryl methyl sites for hydroxylation is 3. The molecule has 0 atom stereocenters. The maximum absolute atomic E-state index is 13.0. The van der Waals surface area contributed by atoms with Gasteiger partial charge in [-0.25, -0.2) is 4.79 Å². The summed E-state index contributed by atoms with van der Waals surface area (Å²) in [5.74, 6) is 0.137. The molecule has 0 spiro atoms. The third kappa shape index (κ3) is 5.00. The van der Waals surface area contributed by atoms with Crippen LogP contribution >= 0.6 is 0 Å². The Balaban J connectivity index is 1.85. The fourth-order valence-electron chi connectivity index (χ4n) is 4.29. The van der Waals surface area contributed by atoms with Crippen molar-refractivity contribution in [2.45, 2.75) is 39.5 Å². The zero-order valence-electron chi connectivity index (χ0n) is 18.4. The lowest BCUT2D eigenvalue weighted by atomic mass is 9.88. The molecule has 1 heterocycles. The molecular formula is C28H28N2O. The number of hydrogen-bond donors (Lipinski definition) is 0. The first-order chi connectivity index (χ1) is 15.0. The van der Waals surface area contributed by atoms with Gasteiger partial charge < -0.3 is 0 Å². The highest BCUT2D eigenvalue weighted by atomic mass is 16.1. The smallest absolute Gasteiger partial charge is 0.265 e. The Kier molecular flexibility index (Phi) is 6.13. The molecule has 3 heteroatoms. The Hall–Kier alpha value is -3.46. The largest absolute Gasteiger partial charge is 0.352 e. The molecule has 156 valence electrons. The fourth-order valence-corrected chi connectivity index (χ4v) is 4.29. The van der Waals surface area contributed by atoms with Crippen LogP contribution in [-0.2, 0) is 12.8 Å². The zero-order valence-corrected chi connectivity index (χ0v) is 18.4. The number of aromatic nitrogens is 2. The van der Waals surface area contributed by atoms with E-state index in [1.165, 1.54) is 22.3 Å². The van der Waals surface area contributed by atoms with Crippen LogP contribution in [0, 0.1) is 20.8 Å². The molecule has 0 aliphatic heterocycles. The first kappa shape index (κ1) is 20.8. The predicted molar refractivity (Wildman–Crippen MR) is 127 cm³/mol. The van der Waals surface area contributed by atoms with E-state index in [9.17, 15) is 4.79 Å². The fraction of sp³-hybridized carbons (Fsp3) is 0.214. The van der Waals surface area contributed by atoms with E-state index in [1.54, 1.807) is 4.57 Å². The number of nitrogens with zero attached hydrogens (tertiary/aromatic N) is 2. The quantitative estimate of drug-likeness (QED) is 0.408. The van der Waals surface area contributed by atoms with Gasteiger partial charge >= 0.3 is 5.69 Å². The molecule has 4 rings (SSSR count). The van der Waals surface area contributed by atoms with Crippen molar-refractivity contribution < 1.29 is 0 Å². The number of hydrogen-bond acceptors (Lipinski definition) is 2. The lowest BCUT2D eigenvalue weighted by Crippen LogP contribution is -2.28. The highest BCUT2D eigenvalue weighted by Gasteiger charge is 2.20. The summed E-state index contributed by atoms with van der Waals surface area (Å²) in [6.45, 7) is 6.14. The Labute approximate surface area is 184 Å². The van der Waals surface area contributed by atoms with Crippen molar-refractivity contribution in [3.8, 4) is 5.69 Å². The second-order valence-electron chi connectivity index (χ2n) is 8.36. The summed E-state index contributed by atoms with van der Waals surface area (Å²) < 4.78 is 1.78. The van der Waals surface area contributed by atoms with Gasteiger partial charge in [-0.2, -0.15) is 4.98 Å². The first-order valence-electron chi connectivity index (χ1n) is 10.8. The van der Waals surface area contributed by atoms with E-state index in [0.29, 0.717) is 0 Å². The first-order valence-corrected chi connectivity index (χ1v) is 10.8. The Morgan fingerprint density at radius 3 is 1.87 bits per heavy atom. The van der Waals surface area contributed by atoms with Gasteiger partial charge in [0.05, 0.1) is 5.69 Å². The topological polar surface area (TPSA) is 34.9 Å². The molecule has 0 saturated carbocycles. The lowest BCUT2D eigenvalue weighted by molar-refractivity contribution is 0.623. The van der Waals surface area contributed by atoms with Crippen molar-refractivity contribution in [3.63, 3.8) is 0 Å². The molecule has 31 heavy (non-hydrogen) atoms. The molecule has 0 fully saturated rings. The standard InChI is InChI=1S/C28H28N2O/c1-20-9-7-11-23(15-20)18-25(19-24-12-8-10-21(2)16-24)27-17-22(3)29-28(31)30(27)26-13-5-4-6-14-26/h4-17,25H,18-19H2,1-3H3. The predicted octanol–water partition coefficient (Wildman–Crippen LogP) is 5.73. The molecular weight excluding hydrogens is 380 g/mol. The van der Waals surface area contributed by atoms with E-state index in [2.05, 4.69) is 73.4 Å². The van der Waals surface area contributed by atoms with Crippen LogP contribution in [0.5, 0.6) is 0 Å². The lowest BCUT2D eigenvalue weighted by Gasteiger charge is -2.23. The van der Waals surface area contributed by atoms with Gasteiger partial charge in [0.25, 0.3) is 0 Å². The molecule has 0 amide bonds. The van der Waals surface area contributed by atoms with Gasteiger partial charge in [0.15, 0.2) is 0 Å². The number of benzene rings is 3. The van der Waals surface area contributed by atoms with E-state index in [1.807, 2.05) is 37.3 Å².